The van der Waals surface area contributed by atoms with Gasteiger partial charge in [-0.15, -0.1) is 0 Å². The van der Waals surface area contributed by atoms with Crippen LogP contribution in [0, 0.1) is 0 Å². The van der Waals surface area contributed by atoms with Gasteiger partial charge in [0.2, 0.25) is 0 Å². The van der Waals surface area contributed by atoms with Crippen LogP contribution in [0.2, 0.25) is 0 Å². The maximum atomic E-state index is 9.91. The van der Waals surface area contributed by atoms with Crippen molar-refractivity contribution in [2.75, 3.05) is 0 Å². The molecule has 92 valence electrons. The van der Waals surface area contributed by atoms with E-state index in [1.165, 1.54) is 19.3 Å². The minimum absolute atomic E-state index is 0.328. The summed E-state index contributed by atoms with van der Waals surface area (Å²) in [5.41, 5.74) is 2.06. The first-order valence-electron chi connectivity index (χ1n) is 6.21. The molecule has 0 saturated carbocycles. The summed E-state index contributed by atoms with van der Waals surface area (Å²) >= 11 is 3.44. The lowest BCUT2D eigenvalue weighted by Gasteiger charge is -2.00. The van der Waals surface area contributed by atoms with Gasteiger partial charge in [0.25, 0.3) is 0 Å². The number of aromatic hydroxyl groups is 1. The van der Waals surface area contributed by atoms with Crippen LogP contribution in [0.1, 0.15) is 38.2 Å². The van der Waals surface area contributed by atoms with Crippen molar-refractivity contribution in [1.29, 1.82) is 0 Å². The van der Waals surface area contributed by atoms with Crippen LogP contribution in [0.25, 0.3) is 10.9 Å². The molecule has 3 heteroatoms. The van der Waals surface area contributed by atoms with Gasteiger partial charge in [0, 0.05) is 20.9 Å². The van der Waals surface area contributed by atoms with Crippen molar-refractivity contribution >= 4 is 26.8 Å². The van der Waals surface area contributed by atoms with Crippen LogP contribution < -0.4 is 0 Å². The van der Waals surface area contributed by atoms with E-state index in [0.29, 0.717) is 5.88 Å². The van der Waals surface area contributed by atoms with Gasteiger partial charge in [0.1, 0.15) is 0 Å². The van der Waals surface area contributed by atoms with E-state index in [-0.39, 0.29) is 0 Å². The van der Waals surface area contributed by atoms with E-state index >= 15 is 0 Å². The third-order valence-corrected chi connectivity index (χ3v) is 3.62. The number of aromatic amines is 1. The summed E-state index contributed by atoms with van der Waals surface area (Å²) in [5, 5.41) is 11.1. The first kappa shape index (κ1) is 12.5. The zero-order chi connectivity index (χ0) is 12.3. The van der Waals surface area contributed by atoms with Gasteiger partial charge in [-0.2, -0.15) is 0 Å². The van der Waals surface area contributed by atoms with Crippen LogP contribution in [0.3, 0.4) is 0 Å². The first-order valence-corrected chi connectivity index (χ1v) is 7.00. The number of unbranched alkanes of at least 4 members (excludes halogenated alkanes) is 3. The molecule has 1 aromatic carbocycles. The highest BCUT2D eigenvalue weighted by Crippen LogP contribution is 2.30. The summed E-state index contributed by atoms with van der Waals surface area (Å²) in [7, 11) is 0. The zero-order valence-corrected chi connectivity index (χ0v) is 11.7. The van der Waals surface area contributed by atoms with Crippen molar-refractivity contribution in [3.05, 3.63) is 28.2 Å². The number of rotatable bonds is 5. The molecule has 1 aromatic heterocycles. The number of aryl methyl sites for hydroxylation is 1. The van der Waals surface area contributed by atoms with Crippen LogP contribution >= 0.6 is 15.9 Å². The van der Waals surface area contributed by atoms with Gasteiger partial charge in [-0.1, -0.05) is 48.2 Å². The van der Waals surface area contributed by atoms with E-state index in [2.05, 4.69) is 33.9 Å². The summed E-state index contributed by atoms with van der Waals surface area (Å²) in [6, 6.07) is 6.08. The maximum Gasteiger partial charge on any atom is 0.192 e. The molecule has 2 aromatic rings. The summed E-state index contributed by atoms with van der Waals surface area (Å²) in [6.07, 6.45) is 5.85. The minimum Gasteiger partial charge on any atom is -0.494 e. The van der Waals surface area contributed by atoms with Crippen LogP contribution in [0.4, 0.5) is 0 Å². The number of hydrogen-bond acceptors (Lipinski definition) is 1. The number of halogens is 1. The largest absolute Gasteiger partial charge is 0.494 e. The molecular weight excluding hydrogens is 278 g/mol. The second-order valence-electron chi connectivity index (χ2n) is 4.45. The molecule has 0 atom stereocenters. The standard InChI is InChI=1S/C14H18BrNO/c1-2-3-4-5-6-12-11-8-7-10(15)9-13(11)16-14(12)17/h7-9,16-17H,2-6H2,1H3. The normalized spacial score (nSPS) is 11.2. The van der Waals surface area contributed by atoms with Gasteiger partial charge in [0.15, 0.2) is 5.88 Å². The lowest BCUT2D eigenvalue weighted by atomic mass is 10.1. The predicted molar refractivity (Wildman–Crippen MR) is 75.5 cm³/mol. The molecule has 0 aliphatic heterocycles. The minimum atomic E-state index is 0.328. The Bertz CT molecular complexity index is 504. The van der Waals surface area contributed by atoms with E-state index in [9.17, 15) is 5.11 Å². The van der Waals surface area contributed by atoms with Gasteiger partial charge in [-0.05, 0) is 25.0 Å². The number of fused-ring (bicyclic) bond motifs is 1. The Morgan fingerprint density at radius 1 is 1.24 bits per heavy atom. The highest BCUT2D eigenvalue weighted by atomic mass is 79.9. The number of H-pyrrole nitrogens is 1. The van der Waals surface area contributed by atoms with E-state index in [4.69, 9.17) is 0 Å². The number of benzene rings is 1. The summed E-state index contributed by atoms with van der Waals surface area (Å²) in [6.45, 7) is 2.21. The SMILES string of the molecule is CCCCCCc1c(O)[nH]c2cc(Br)ccc12. The molecule has 0 bridgehead atoms. The molecule has 0 unspecified atom stereocenters. The van der Waals surface area contributed by atoms with E-state index in [1.807, 2.05) is 12.1 Å². The zero-order valence-electron chi connectivity index (χ0n) is 10.1. The maximum absolute atomic E-state index is 9.91. The molecule has 17 heavy (non-hydrogen) atoms. The average Bonchev–Trinajstić information content (AvgIpc) is 2.60. The highest BCUT2D eigenvalue weighted by molar-refractivity contribution is 9.10. The van der Waals surface area contributed by atoms with Gasteiger partial charge in [-0.25, -0.2) is 0 Å². The average molecular weight is 296 g/mol. The first-order chi connectivity index (χ1) is 8.22. The van der Waals surface area contributed by atoms with Crippen LogP contribution in [0.5, 0.6) is 5.88 Å². The Morgan fingerprint density at radius 3 is 2.82 bits per heavy atom. The fourth-order valence-corrected chi connectivity index (χ4v) is 2.56. The van der Waals surface area contributed by atoms with Crippen molar-refractivity contribution in [3.63, 3.8) is 0 Å². The smallest absolute Gasteiger partial charge is 0.192 e. The van der Waals surface area contributed by atoms with Crippen molar-refractivity contribution in [1.82, 2.24) is 4.98 Å². The van der Waals surface area contributed by atoms with Gasteiger partial charge >= 0.3 is 0 Å². The number of hydrogen-bond donors (Lipinski definition) is 2. The molecule has 0 amide bonds. The molecule has 1 heterocycles. The monoisotopic (exact) mass is 295 g/mol. The number of aromatic nitrogens is 1. The third kappa shape index (κ3) is 2.83. The quantitative estimate of drug-likeness (QED) is 0.767. The van der Waals surface area contributed by atoms with Crippen LogP contribution in [0.15, 0.2) is 22.7 Å². The van der Waals surface area contributed by atoms with Gasteiger partial charge < -0.3 is 10.1 Å². The summed E-state index contributed by atoms with van der Waals surface area (Å²) < 4.78 is 1.03. The Kier molecular flexibility index (Phi) is 4.11. The summed E-state index contributed by atoms with van der Waals surface area (Å²) in [5.74, 6) is 0.328. The molecule has 0 saturated heterocycles. The lowest BCUT2D eigenvalue weighted by Crippen LogP contribution is -1.85. The Labute approximate surface area is 110 Å². The number of nitrogens with one attached hydrogen (secondary N) is 1. The second-order valence-corrected chi connectivity index (χ2v) is 5.37. The van der Waals surface area contributed by atoms with Crippen molar-refractivity contribution in [2.24, 2.45) is 0 Å². The molecule has 2 nitrogen and oxygen atoms in total. The molecule has 2 N–H and O–H groups in total. The fourth-order valence-electron chi connectivity index (χ4n) is 2.20. The Hall–Kier alpha value is -0.960. The lowest BCUT2D eigenvalue weighted by molar-refractivity contribution is 0.450. The Morgan fingerprint density at radius 2 is 2.06 bits per heavy atom. The molecule has 2 rings (SSSR count). The molecule has 0 spiro atoms. The topological polar surface area (TPSA) is 36.0 Å². The molecular formula is C14H18BrNO. The highest BCUT2D eigenvalue weighted by Gasteiger charge is 2.10. The second kappa shape index (κ2) is 5.58. The molecule has 0 radical (unpaired) electrons. The summed E-state index contributed by atoms with van der Waals surface area (Å²) in [4.78, 5) is 3.03. The van der Waals surface area contributed by atoms with E-state index in [0.717, 1.165) is 33.8 Å². The predicted octanol–water partition coefficient (Wildman–Crippen LogP) is 4.76. The Balaban J connectivity index is 2.18. The van der Waals surface area contributed by atoms with Crippen LogP contribution in [-0.2, 0) is 6.42 Å². The van der Waals surface area contributed by atoms with Gasteiger partial charge in [-0.3, -0.25) is 0 Å². The third-order valence-electron chi connectivity index (χ3n) is 3.13. The van der Waals surface area contributed by atoms with E-state index in [1.54, 1.807) is 0 Å². The van der Waals surface area contributed by atoms with Crippen molar-refractivity contribution < 1.29 is 5.11 Å². The fraction of sp³-hybridized carbons (Fsp3) is 0.429. The molecule has 0 aliphatic carbocycles. The van der Waals surface area contributed by atoms with E-state index < -0.39 is 0 Å². The molecule has 0 aliphatic rings. The van der Waals surface area contributed by atoms with Crippen molar-refractivity contribution in [2.45, 2.75) is 39.0 Å². The van der Waals surface area contributed by atoms with Crippen molar-refractivity contribution in [3.8, 4) is 5.88 Å². The van der Waals surface area contributed by atoms with Crippen LogP contribution in [-0.4, -0.2) is 10.1 Å². The van der Waals surface area contributed by atoms with Gasteiger partial charge in [0.05, 0.1) is 0 Å². The molecule has 0 fully saturated rings.